The Kier molecular flexibility index (Phi) is 5.61. The number of nitrogens with two attached hydrogens (primary N) is 1. The Morgan fingerprint density at radius 1 is 1.61 bits per heavy atom. The molecule has 0 radical (unpaired) electrons. The molecule has 100 valence electrons. The van der Waals surface area contributed by atoms with Crippen LogP contribution in [0.5, 0.6) is 0 Å². The highest BCUT2D eigenvalue weighted by atomic mass is 79.9. The monoisotopic (exact) mass is 322 g/mol. The predicted molar refractivity (Wildman–Crippen MR) is 65.1 cm³/mol. The minimum Gasteiger partial charge on any atom is -0.466 e. The summed E-state index contributed by atoms with van der Waals surface area (Å²) in [6.07, 6.45) is -2.88. The average molecular weight is 323 g/mol. The maximum atomic E-state index is 12.8. The zero-order chi connectivity index (χ0) is 13.7. The fourth-order valence-corrected chi connectivity index (χ4v) is 1.91. The summed E-state index contributed by atoms with van der Waals surface area (Å²) in [6, 6.07) is 1.46. The van der Waals surface area contributed by atoms with Gasteiger partial charge in [0, 0.05) is 11.0 Å². The number of carbonyl (C=O) groups excluding carboxylic acids is 1. The second-order valence-corrected chi connectivity index (χ2v) is 4.30. The average Bonchev–Trinajstić information content (AvgIpc) is 2.31. The van der Waals surface area contributed by atoms with E-state index in [2.05, 4.69) is 20.9 Å². The van der Waals surface area contributed by atoms with Crippen LogP contribution >= 0.6 is 15.9 Å². The molecule has 1 heterocycles. The molecule has 2 N–H and O–H groups in total. The molecule has 1 rings (SSSR count). The van der Waals surface area contributed by atoms with Crippen LogP contribution in [0.25, 0.3) is 0 Å². The maximum Gasteiger partial charge on any atom is 0.311 e. The van der Waals surface area contributed by atoms with Crippen LogP contribution in [0.3, 0.4) is 0 Å². The van der Waals surface area contributed by atoms with Crippen LogP contribution in [-0.2, 0) is 22.5 Å². The second kappa shape index (κ2) is 6.75. The first kappa shape index (κ1) is 15.0. The van der Waals surface area contributed by atoms with Crippen LogP contribution in [0.1, 0.15) is 30.3 Å². The molecule has 0 aliphatic rings. The van der Waals surface area contributed by atoms with Gasteiger partial charge in [0.2, 0.25) is 0 Å². The topological polar surface area (TPSA) is 65.2 Å². The van der Waals surface area contributed by atoms with Crippen molar-refractivity contribution in [1.82, 2.24) is 4.98 Å². The molecule has 4 nitrogen and oxygen atoms in total. The highest BCUT2D eigenvalue weighted by Crippen LogP contribution is 2.26. The number of halogens is 3. The lowest BCUT2D eigenvalue weighted by molar-refractivity contribution is -0.142. The summed E-state index contributed by atoms with van der Waals surface area (Å²) in [5, 5.41) is 0. The molecular formula is C11H13BrF2N2O2. The minimum atomic E-state index is -2.72. The van der Waals surface area contributed by atoms with Crippen molar-refractivity contribution >= 4 is 21.9 Å². The molecule has 0 saturated carbocycles. The van der Waals surface area contributed by atoms with E-state index < -0.39 is 12.4 Å². The number of alkyl halides is 2. The lowest BCUT2D eigenvalue weighted by atomic mass is 10.1. The first-order valence-corrected chi connectivity index (χ1v) is 6.10. The molecule has 0 saturated heterocycles. The standard InChI is InChI=1S/C11H13BrF2N2O2/c1-2-18-9(17)4-8-7(12)3-6(5-15)10(16-8)11(13)14/h3,11H,2,4-5,15H2,1H3. The number of ether oxygens (including phenoxy) is 1. The van der Waals surface area contributed by atoms with Gasteiger partial charge in [-0.25, -0.2) is 13.8 Å². The largest absolute Gasteiger partial charge is 0.466 e. The Morgan fingerprint density at radius 3 is 2.78 bits per heavy atom. The number of rotatable bonds is 5. The van der Waals surface area contributed by atoms with Crippen LogP contribution < -0.4 is 5.73 Å². The van der Waals surface area contributed by atoms with E-state index in [1.54, 1.807) is 6.92 Å². The maximum absolute atomic E-state index is 12.8. The van der Waals surface area contributed by atoms with Crippen LogP contribution in [0, 0.1) is 0 Å². The van der Waals surface area contributed by atoms with E-state index >= 15 is 0 Å². The van der Waals surface area contributed by atoms with Gasteiger partial charge >= 0.3 is 5.97 Å². The van der Waals surface area contributed by atoms with Gasteiger partial charge in [-0.3, -0.25) is 4.79 Å². The molecule has 0 atom stereocenters. The molecule has 1 aromatic heterocycles. The molecule has 0 unspecified atom stereocenters. The van der Waals surface area contributed by atoms with Crippen LogP contribution in [0.2, 0.25) is 0 Å². The zero-order valence-electron chi connectivity index (χ0n) is 9.75. The summed E-state index contributed by atoms with van der Waals surface area (Å²) in [5.74, 6) is -0.508. The van der Waals surface area contributed by atoms with Crippen molar-refractivity contribution in [3.63, 3.8) is 0 Å². The first-order chi connectivity index (χ1) is 8.49. The number of aromatic nitrogens is 1. The number of nitrogens with zero attached hydrogens (tertiary/aromatic N) is 1. The summed E-state index contributed by atoms with van der Waals surface area (Å²) < 4.78 is 30.7. The van der Waals surface area contributed by atoms with E-state index in [0.717, 1.165) is 0 Å². The molecular weight excluding hydrogens is 310 g/mol. The molecule has 0 bridgehead atoms. The van der Waals surface area contributed by atoms with E-state index in [1.165, 1.54) is 6.07 Å². The number of hydrogen-bond donors (Lipinski definition) is 1. The third kappa shape index (κ3) is 3.71. The van der Waals surface area contributed by atoms with E-state index in [4.69, 9.17) is 10.5 Å². The Balaban J connectivity index is 3.05. The van der Waals surface area contributed by atoms with Crippen molar-refractivity contribution in [1.29, 1.82) is 0 Å². The van der Waals surface area contributed by atoms with E-state index in [9.17, 15) is 13.6 Å². The van der Waals surface area contributed by atoms with Gasteiger partial charge in [0.05, 0.1) is 18.7 Å². The molecule has 0 aliphatic carbocycles. The minimum absolute atomic E-state index is 0.0367. The van der Waals surface area contributed by atoms with Gasteiger partial charge < -0.3 is 10.5 Å². The number of pyridine rings is 1. The quantitative estimate of drug-likeness (QED) is 0.845. The third-order valence-corrected chi connectivity index (χ3v) is 2.89. The molecule has 0 aromatic carbocycles. The van der Waals surface area contributed by atoms with Gasteiger partial charge in [-0.05, 0) is 34.5 Å². The van der Waals surface area contributed by atoms with Gasteiger partial charge in [0.15, 0.2) is 0 Å². The predicted octanol–water partition coefficient (Wildman–Crippen LogP) is 2.35. The van der Waals surface area contributed by atoms with Gasteiger partial charge in [0.25, 0.3) is 6.43 Å². The lowest BCUT2D eigenvalue weighted by Crippen LogP contribution is -2.12. The van der Waals surface area contributed by atoms with Crippen LogP contribution in [0.15, 0.2) is 10.5 Å². The first-order valence-electron chi connectivity index (χ1n) is 5.31. The van der Waals surface area contributed by atoms with Crippen molar-refractivity contribution in [3.05, 3.63) is 27.5 Å². The van der Waals surface area contributed by atoms with E-state index in [-0.39, 0.29) is 36.5 Å². The van der Waals surface area contributed by atoms with Gasteiger partial charge in [-0.1, -0.05) is 0 Å². The fraction of sp³-hybridized carbons (Fsp3) is 0.455. The molecule has 0 spiro atoms. The molecule has 1 aromatic rings. The Labute approximate surface area is 112 Å². The third-order valence-electron chi connectivity index (χ3n) is 2.20. The van der Waals surface area contributed by atoms with Crippen molar-refractivity contribution < 1.29 is 18.3 Å². The summed E-state index contributed by atoms with van der Waals surface area (Å²) >= 11 is 3.18. The fourth-order valence-electron chi connectivity index (χ4n) is 1.41. The summed E-state index contributed by atoms with van der Waals surface area (Å²) in [7, 11) is 0. The molecule has 18 heavy (non-hydrogen) atoms. The highest BCUT2D eigenvalue weighted by Gasteiger charge is 2.18. The lowest BCUT2D eigenvalue weighted by Gasteiger charge is -2.10. The van der Waals surface area contributed by atoms with Gasteiger partial charge in [0.1, 0.15) is 5.69 Å². The Bertz CT molecular complexity index is 441. The summed E-state index contributed by atoms with van der Waals surface area (Å²) in [4.78, 5) is 15.1. The van der Waals surface area contributed by atoms with Crippen LogP contribution in [0.4, 0.5) is 8.78 Å². The van der Waals surface area contributed by atoms with Crippen molar-refractivity contribution in [2.75, 3.05) is 6.61 Å². The SMILES string of the molecule is CCOC(=O)Cc1nc(C(F)F)c(CN)cc1Br. The number of esters is 1. The molecule has 0 amide bonds. The van der Waals surface area contributed by atoms with E-state index in [0.29, 0.717) is 4.47 Å². The summed E-state index contributed by atoms with van der Waals surface area (Å²) in [5.41, 5.74) is 5.46. The van der Waals surface area contributed by atoms with Gasteiger partial charge in [-0.2, -0.15) is 0 Å². The van der Waals surface area contributed by atoms with Crippen molar-refractivity contribution in [2.45, 2.75) is 26.3 Å². The van der Waals surface area contributed by atoms with E-state index in [1.807, 2.05) is 0 Å². The Morgan fingerprint density at radius 2 is 2.28 bits per heavy atom. The zero-order valence-corrected chi connectivity index (χ0v) is 11.3. The van der Waals surface area contributed by atoms with Gasteiger partial charge in [-0.15, -0.1) is 0 Å². The molecule has 0 aliphatic heterocycles. The van der Waals surface area contributed by atoms with Crippen LogP contribution in [-0.4, -0.2) is 17.6 Å². The van der Waals surface area contributed by atoms with Crippen molar-refractivity contribution in [3.8, 4) is 0 Å². The summed E-state index contributed by atoms with van der Waals surface area (Å²) in [6.45, 7) is 1.87. The normalized spacial score (nSPS) is 10.8. The second-order valence-electron chi connectivity index (χ2n) is 3.45. The highest BCUT2D eigenvalue weighted by molar-refractivity contribution is 9.10. The molecule has 7 heteroatoms. The number of carbonyl (C=O) groups is 1. The molecule has 0 fully saturated rings. The van der Waals surface area contributed by atoms with Crippen molar-refractivity contribution in [2.24, 2.45) is 5.73 Å². The number of hydrogen-bond acceptors (Lipinski definition) is 4. The Hall–Kier alpha value is -1.08. The smallest absolute Gasteiger partial charge is 0.311 e.